The highest BCUT2D eigenvalue weighted by atomic mass is 32.2. The molecule has 0 bridgehead atoms. The zero-order valence-electron chi connectivity index (χ0n) is 19.8. The number of nitrogens with zero attached hydrogens (tertiary/aromatic N) is 2. The van der Waals surface area contributed by atoms with Gasteiger partial charge >= 0.3 is 0 Å². The minimum Gasteiger partial charge on any atom is -0.492 e. The fourth-order valence-corrected chi connectivity index (χ4v) is 6.87. The Morgan fingerprint density at radius 1 is 0.972 bits per heavy atom. The van der Waals surface area contributed by atoms with E-state index < -0.39 is 20.0 Å². The van der Waals surface area contributed by atoms with Crippen LogP contribution in [-0.4, -0.2) is 73.0 Å². The van der Waals surface area contributed by atoms with Crippen LogP contribution in [0.4, 0.5) is 5.69 Å². The van der Waals surface area contributed by atoms with E-state index in [0.717, 1.165) is 24.1 Å². The van der Waals surface area contributed by atoms with E-state index in [1.165, 1.54) is 22.5 Å². The summed E-state index contributed by atoms with van der Waals surface area (Å²) < 4.78 is 65.6. The largest absolute Gasteiger partial charge is 0.492 e. The van der Waals surface area contributed by atoms with Gasteiger partial charge in [0.25, 0.3) is 0 Å². The molecule has 2 aromatic rings. The van der Waals surface area contributed by atoms with Crippen LogP contribution in [0.15, 0.2) is 52.3 Å². The summed E-state index contributed by atoms with van der Waals surface area (Å²) in [6.07, 6.45) is 2.50. The Kier molecular flexibility index (Phi) is 7.05. The second kappa shape index (κ2) is 10.1. The molecular formula is C24H29N3O7S2. The highest BCUT2D eigenvalue weighted by Crippen LogP contribution is 2.37. The number of amides is 1. The van der Waals surface area contributed by atoms with E-state index in [9.17, 15) is 21.6 Å². The first-order chi connectivity index (χ1) is 17.3. The first-order valence-corrected chi connectivity index (χ1v) is 14.9. The topological polar surface area (TPSA) is 122 Å². The third-order valence-electron chi connectivity index (χ3n) is 6.54. The van der Waals surface area contributed by atoms with Crippen LogP contribution in [0.5, 0.6) is 5.75 Å². The standard InChI is InChI=1S/C24H29N3O7S2/c28-24(18-1-2-18)27-11-9-19-17-22(7-8-23(19)27)35(29,30)25-10-14-34-20-3-5-21(6-4-20)36(31,32)26-12-15-33-16-13-26/h3-8,17-18,25H,1-2,9-16H2. The molecule has 1 saturated heterocycles. The third kappa shape index (κ3) is 5.28. The van der Waals surface area contributed by atoms with Crippen molar-refractivity contribution in [2.75, 3.05) is 50.9 Å². The van der Waals surface area contributed by atoms with Gasteiger partial charge in [-0.2, -0.15) is 4.31 Å². The molecule has 36 heavy (non-hydrogen) atoms. The van der Waals surface area contributed by atoms with E-state index >= 15 is 0 Å². The van der Waals surface area contributed by atoms with Gasteiger partial charge in [-0.25, -0.2) is 21.6 Å². The Bertz CT molecular complexity index is 1330. The van der Waals surface area contributed by atoms with Crippen LogP contribution in [0, 0.1) is 5.92 Å². The Labute approximate surface area is 211 Å². The van der Waals surface area contributed by atoms with E-state index in [1.807, 2.05) is 0 Å². The third-order valence-corrected chi connectivity index (χ3v) is 9.92. The summed E-state index contributed by atoms with van der Waals surface area (Å²) in [7, 11) is -7.33. The molecule has 1 N–H and O–H groups in total. The van der Waals surface area contributed by atoms with E-state index in [1.54, 1.807) is 29.2 Å². The van der Waals surface area contributed by atoms with Crippen molar-refractivity contribution in [3.05, 3.63) is 48.0 Å². The lowest BCUT2D eigenvalue weighted by atomic mass is 10.2. The molecule has 0 atom stereocenters. The average molecular weight is 536 g/mol. The number of sulfonamides is 2. The fourth-order valence-electron chi connectivity index (χ4n) is 4.40. The maximum absolute atomic E-state index is 12.8. The molecule has 0 aromatic heterocycles. The molecule has 0 radical (unpaired) electrons. The number of rotatable bonds is 9. The first kappa shape index (κ1) is 25.2. The van der Waals surface area contributed by atoms with E-state index in [2.05, 4.69) is 4.72 Å². The minimum atomic E-state index is -3.75. The van der Waals surface area contributed by atoms with Gasteiger partial charge in [0.05, 0.1) is 23.0 Å². The molecule has 5 rings (SSSR count). The Hall–Kier alpha value is -2.51. The number of fused-ring (bicyclic) bond motifs is 1. The monoisotopic (exact) mass is 535 g/mol. The lowest BCUT2D eigenvalue weighted by molar-refractivity contribution is -0.119. The number of morpholine rings is 1. The molecule has 2 aliphatic heterocycles. The summed E-state index contributed by atoms with van der Waals surface area (Å²) >= 11 is 0. The summed E-state index contributed by atoms with van der Waals surface area (Å²) in [5.74, 6) is 0.686. The molecule has 2 heterocycles. The molecule has 1 saturated carbocycles. The summed E-state index contributed by atoms with van der Waals surface area (Å²) in [5, 5.41) is 0. The van der Waals surface area contributed by atoms with E-state index in [0.29, 0.717) is 45.0 Å². The number of nitrogens with one attached hydrogen (secondary N) is 1. The van der Waals surface area contributed by atoms with Crippen molar-refractivity contribution in [3.8, 4) is 5.75 Å². The molecule has 1 aliphatic carbocycles. The van der Waals surface area contributed by atoms with Crippen molar-refractivity contribution >= 4 is 31.6 Å². The second-order valence-electron chi connectivity index (χ2n) is 9.04. The lowest BCUT2D eigenvalue weighted by Gasteiger charge is -2.26. The number of hydrogen-bond acceptors (Lipinski definition) is 7. The van der Waals surface area contributed by atoms with Crippen molar-refractivity contribution in [3.63, 3.8) is 0 Å². The quantitative estimate of drug-likeness (QED) is 0.481. The normalized spacial score (nSPS) is 18.7. The zero-order chi connectivity index (χ0) is 25.3. The Morgan fingerprint density at radius 2 is 1.67 bits per heavy atom. The highest BCUT2D eigenvalue weighted by Gasteiger charge is 2.36. The molecular weight excluding hydrogens is 506 g/mol. The van der Waals surface area contributed by atoms with Crippen LogP contribution in [0.25, 0.3) is 0 Å². The second-order valence-corrected chi connectivity index (χ2v) is 12.7. The highest BCUT2D eigenvalue weighted by molar-refractivity contribution is 7.89. The fraction of sp³-hybridized carbons (Fsp3) is 0.458. The van der Waals surface area contributed by atoms with Gasteiger partial charge in [0.15, 0.2) is 0 Å². The number of hydrogen-bond donors (Lipinski definition) is 1. The van der Waals surface area contributed by atoms with Crippen molar-refractivity contribution in [1.82, 2.24) is 9.03 Å². The van der Waals surface area contributed by atoms with Gasteiger partial charge in [0, 0.05) is 37.8 Å². The van der Waals surface area contributed by atoms with Gasteiger partial charge in [-0.05, 0) is 67.3 Å². The molecule has 10 nitrogen and oxygen atoms in total. The predicted molar refractivity (Wildman–Crippen MR) is 132 cm³/mol. The van der Waals surface area contributed by atoms with E-state index in [-0.39, 0.29) is 34.8 Å². The van der Waals surface area contributed by atoms with Crippen molar-refractivity contribution in [2.45, 2.75) is 29.1 Å². The number of ether oxygens (including phenoxy) is 2. The van der Waals surface area contributed by atoms with Crippen LogP contribution in [0.3, 0.4) is 0 Å². The summed E-state index contributed by atoms with van der Waals surface area (Å²) in [6, 6.07) is 10.9. The van der Waals surface area contributed by atoms with Crippen LogP contribution >= 0.6 is 0 Å². The molecule has 12 heteroatoms. The van der Waals surface area contributed by atoms with Gasteiger partial charge in [-0.1, -0.05) is 0 Å². The zero-order valence-corrected chi connectivity index (χ0v) is 21.4. The minimum absolute atomic E-state index is 0.0412. The smallest absolute Gasteiger partial charge is 0.243 e. The number of carbonyl (C=O) groups excluding carboxylic acids is 1. The SMILES string of the molecule is O=C(C1CC1)N1CCc2cc(S(=O)(=O)NCCOc3ccc(S(=O)(=O)N4CCOCC4)cc3)ccc21. The van der Waals surface area contributed by atoms with Crippen LogP contribution in [0.1, 0.15) is 18.4 Å². The number of carbonyl (C=O) groups is 1. The van der Waals surface area contributed by atoms with Crippen molar-refractivity contribution in [1.29, 1.82) is 0 Å². The maximum Gasteiger partial charge on any atom is 0.243 e. The summed E-state index contributed by atoms with van der Waals surface area (Å²) in [5.41, 5.74) is 1.66. The van der Waals surface area contributed by atoms with Crippen LogP contribution < -0.4 is 14.4 Å². The Balaban J connectivity index is 1.14. The molecule has 2 aromatic carbocycles. The number of anilines is 1. The van der Waals surface area contributed by atoms with Crippen molar-refractivity contribution in [2.24, 2.45) is 5.92 Å². The van der Waals surface area contributed by atoms with Gasteiger partial charge in [-0.15, -0.1) is 0 Å². The number of benzene rings is 2. The van der Waals surface area contributed by atoms with Gasteiger partial charge < -0.3 is 14.4 Å². The molecule has 0 spiro atoms. The van der Waals surface area contributed by atoms with Gasteiger partial charge in [0.2, 0.25) is 26.0 Å². The van der Waals surface area contributed by atoms with Crippen LogP contribution in [0.2, 0.25) is 0 Å². The lowest BCUT2D eigenvalue weighted by Crippen LogP contribution is -2.40. The van der Waals surface area contributed by atoms with Crippen LogP contribution in [-0.2, 0) is 36.0 Å². The maximum atomic E-state index is 12.8. The molecule has 0 unspecified atom stereocenters. The molecule has 3 aliphatic rings. The van der Waals surface area contributed by atoms with Gasteiger partial charge in [-0.3, -0.25) is 4.79 Å². The molecule has 194 valence electrons. The Morgan fingerprint density at radius 3 is 2.36 bits per heavy atom. The predicted octanol–water partition coefficient (Wildman–Crippen LogP) is 1.36. The van der Waals surface area contributed by atoms with Gasteiger partial charge in [0.1, 0.15) is 12.4 Å². The average Bonchev–Trinajstić information content (AvgIpc) is 3.66. The summed E-state index contributed by atoms with van der Waals surface area (Å²) in [4.78, 5) is 14.5. The molecule has 1 amide bonds. The summed E-state index contributed by atoms with van der Waals surface area (Å²) in [6.45, 7) is 2.09. The van der Waals surface area contributed by atoms with Crippen molar-refractivity contribution < 1.29 is 31.1 Å². The van der Waals surface area contributed by atoms with E-state index in [4.69, 9.17) is 9.47 Å². The first-order valence-electron chi connectivity index (χ1n) is 12.0. The molecule has 2 fully saturated rings.